The van der Waals surface area contributed by atoms with Gasteiger partial charge >= 0.3 is 0 Å². The number of halogens is 1. The fourth-order valence-electron chi connectivity index (χ4n) is 1.37. The molecule has 0 radical (unpaired) electrons. The Morgan fingerprint density at radius 2 is 1.85 bits per heavy atom. The van der Waals surface area contributed by atoms with E-state index in [1.165, 1.54) is 9.13 Å². The lowest BCUT2D eigenvalue weighted by Crippen LogP contribution is -2.25. The Balaban J connectivity index is 2.77. The highest BCUT2D eigenvalue weighted by Gasteiger charge is 2.12. The second-order valence-corrected chi connectivity index (χ2v) is 4.66. The van der Waals surface area contributed by atoms with Gasteiger partial charge < -0.3 is 5.73 Å². The molecule has 2 unspecified atom stereocenters. The van der Waals surface area contributed by atoms with Crippen LogP contribution in [0, 0.1) is 3.57 Å². The maximum atomic E-state index is 5.98. The summed E-state index contributed by atoms with van der Waals surface area (Å²) in [6.07, 6.45) is 1.03. The van der Waals surface area contributed by atoms with Gasteiger partial charge in [0.1, 0.15) is 0 Å². The van der Waals surface area contributed by atoms with Gasteiger partial charge in [0.25, 0.3) is 0 Å². The summed E-state index contributed by atoms with van der Waals surface area (Å²) in [5.74, 6) is 0.460. The molecule has 2 heteroatoms. The number of rotatable bonds is 3. The van der Waals surface area contributed by atoms with E-state index in [4.69, 9.17) is 5.73 Å². The van der Waals surface area contributed by atoms with Gasteiger partial charge in [0, 0.05) is 9.61 Å². The lowest BCUT2D eigenvalue weighted by atomic mass is 9.92. The fourth-order valence-corrected chi connectivity index (χ4v) is 1.73. The third-order valence-electron chi connectivity index (χ3n) is 2.51. The van der Waals surface area contributed by atoms with Gasteiger partial charge in [0.05, 0.1) is 0 Å². The van der Waals surface area contributed by atoms with Crippen molar-refractivity contribution in [3.8, 4) is 0 Å². The molecule has 0 fully saturated rings. The first-order valence-electron chi connectivity index (χ1n) is 4.66. The van der Waals surface area contributed by atoms with E-state index in [0.717, 1.165) is 6.42 Å². The molecule has 0 bridgehead atoms. The normalized spacial score (nSPS) is 15.4. The fraction of sp³-hybridized carbons (Fsp3) is 0.455. The molecule has 0 saturated heterocycles. The molecular formula is C11H16IN. The topological polar surface area (TPSA) is 26.0 Å². The summed E-state index contributed by atoms with van der Waals surface area (Å²) in [6.45, 7) is 4.32. The summed E-state index contributed by atoms with van der Waals surface area (Å²) in [6, 6.07) is 8.88. The summed E-state index contributed by atoms with van der Waals surface area (Å²) in [5, 5.41) is 0. The van der Waals surface area contributed by atoms with Gasteiger partial charge in [0.15, 0.2) is 0 Å². The molecule has 1 aromatic carbocycles. The van der Waals surface area contributed by atoms with E-state index in [2.05, 4.69) is 60.7 Å². The van der Waals surface area contributed by atoms with Crippen LogP contribution in [-0.2, 0) is 0 Å². The van der Waals surface area contributed by atoms with Crippen LogP contribution in [0.4, 0.5) is 0 Å². The molecule has 0 aliphatic carbocycles. The van der Waals surface area contributed by atoms with Crippen LogP contribution >= 0.6 is 22.6 Å². The Morgan fingerprint density at radius 1 is 1.31 bits per heavy atom. The largest absolute Gasteiger partial charge is 0.327 e. The molecule has 1 aromatic rings. The van der Waals surface area contributed by atoms with Crippen molar-refractivity contribution in [3.05, 3.63) is 33.4 Å². The van der Waals surface area contributed by atoms with E-state index < -0.39 is 0 Å². The van der Waals surface area contributed by atoms with Crippen LogP contribution in [0.3, 0.4) is 0 Å². The highest BCUT2D eigenvalue weighted by atomic mass is 127. The maximum absolute atomic E-state index is 5.98. The van der Waals surface area contributed by atoms with E-state index in [1.807, 2.05) is 0 Å². The SMILES string of the molecule is CCC(N)C(C)c1ccc(I)cc1. The van der Waals surface area contributed by atoms with Crippen LogP contribution in [0.15, 0.2) is 24.3 Å². The van der Waals surface area contributed by atoms with Crippen molar-refractivity contribution in [2.24, 2.45) is 5.73 Å². The lowest BCUT2D eigenvalue weighted by molar-refractivity contribution is 0.551. The smallest absolute Gasteiger partial charge is 0.0130 e. The Labute approximate surface area is 93.9 Å². The van der Waals surface area contributed by atoms with Gasteiger partial charge in [-0.1, -0.05) is 26.0 Å². The first-order valence-corrected chi connectivity index (χ1v) is 5.74. The van der Waals surface area contributed by atoms with Gasteiger partial charge in [-0.2, -0.15) is 0 Å². The standard InChI is InChI=1S/C11H16IN/c1-3-11(13)8(2)9-4-6-10(12)7-5-9/h4-8,11H,3,13H2,1-2H3. The highest BCUT2D eigenvalue weighted by molar-refractivity contribution is 14.1. The monoisotopic (exact) mass is 289 g/mol. The highest BCUT2D eigenvalue weighted by Crippen LogP contribution is 2.20. The summed E-state index contributed by atoms with van der Waals surface area (Å²) < 4.78 is 1.28. The average molecular weight is 289 g/mol. The van der Waals surface area contributed by atoms with Crippen molar-refractivity contribution in [1.82, 2.24) is 0 Å². The Bertz CT molecular complexity index is 255. The molecule has 1 nitrogen and oxygen atoms in total. The van der Waals surface area contributed by atoms with E-state index in [1.54, 1.807) is 0 Å². The molecule has 72 valence electrons. The zero-order chi connectivity index (χ0) is 9.84. The summed E-state index contributed by atoms with van der Waals surface area (Å²) in [4.78, 5) is 0. The van der Waals surface area contributed by atoms with Crippen molar-refractivity contribution >= 4 is 22.6 Å². The first kappa shape index (κ1) is 11.0. The van der Waals surface area contributed by atoms with Crippen LogP contribution in [0.2, 0.25) is 0 Å². The molecule has 2 N–H and O–H groups in total. The van der Waals surface area contributed by atoms with Crippen LogP contribution in [0.1, 0.15) is 31.7 Å². The minimum absolute atomic E-state index is 0.278. The van der Waals surface area contributed by atoms with Gasteiger partial charge in [-0.15, -0.1) is 0 Å². The molecule has 0 aliphatic heterocycles. The van der Waals surface area contributed by atoms with Crippen molar-refractivity contribution in [1.29, 1.82) is 0 Å². The Kier molecular flexibility index (Phi) is 4.19. The van der Waals surface area contributed by atoms with Crippen molar-refractivity contribution < 1.29 is 0 Å². The van der Waals surface area contributed by atoms with Crippen molar-refractivity contribution in [3.63, 3.8) is 0 Å². The molecule has 2 atom stereocenters. The van der Waals surface area contributed by atoms with Crippen LogP contribution in [0.5, 0.6) is 0 Å². The van der Waals surface area contributed by atoms with E-state index in [-0.39, 0.29) is 6.04 Å². The number of benzene rings is 1. The molecule has 0 heterocycles. The summed E-state index contributed by atoms with van der Waals surface area (Å²) in [7, 11) is 0. The Morgan fingerprint density at radius 3 is 2.31 bits per heavy atom. The average Bonchev–Trinajstić information content (AvgIpc) is 2.17. The van der Waals surface area contributed by atoms with E-state index >= 15 is 0 Å². The van der Waals surface area contributed by atoms with E-state index in [0.29, 0.717) is 5.92 Å². The molecular weight excluding hydrogens is 273 g/mol. The van der Waals surface area contributed by atoms with Crippen LogP contribution in [0.25, 0.3) is 0 Å². The second-order valence-electron chi connectivity index (χ2n) is 3.41. The van der Waals surface area contributed by atoms with Gasteiger partial charge in [-0.25, -0.2) is 0 Å². The third kappa shape index (κ3) is 2.95. The molecule has 0 aromatic heterocycles. The quantitative estimate of drug-likeness (QED) is 0.850. The summed E-state index contributed by atoms with van der Waals surface area (Å²) >= 11 is 2.32. The van der Waals surface area contributed by atoms with Crippen LogP contribution < -0.4 is 5.73 Å². The first-order chi connectivity index (χ1) is 6.15. The third-order valence-corrected chi connectivity index (χ3v) is 3.23. The lowest BCUT2D eigenvalue weighted by Gasteiger charge is -2.18. The van der Waals surface area contributed by atoms with Gasteiger partial charge in [-0.05, 0) is 52.6 Å². The second kappa shape index (κ2) is 4.96. The van der Waals surface area contributed by atoms with Crippen molar-refractivity contribution in [2.45, 2.75) is 32.2 Å². The van der Waals surface area contributed by atoms with E-state index in [9.17, 15) is 0 Å². The predicted octanol–water partition coefficient (Wildman–Crippen LogP) is 3.13. The molecule has 0 saturated carbocycles. The van der Waals surface area contributed by atoms with Gasteiger partial charge in [-0.3, -0.25) is 0 Å². The minimum atomic E-state index is 0.278. The number of hydrogen-bond acceptors (Lipinski definition) is 1. The summed E-state index contributed by atoms with van der Waals surface area (Å²) in [5.41, 5.74) is 7.33. The van der Waals surface area contributed by atoms with Crippen molar-refractivity contribution in [2.75, 3.05) is 0 Å². The number of hydrogen-bond donors (Lipinski definition) is 1. The molecule has 0 aliphatic rings. The molecule has 0 spiro atoms. The minimum Gasteiger partial charge on any atom is -0.327 e. The van der Waals surface area contributed by atoms with Crippen LogP contribution in [-0.4, -0.2) is 6.04 Å². The molecule has 1 rings (SSSR count). The molecule has 13 heavy (non-hydrogen) atoms. The maximum Gasteiger partial charge on any atom is 0.0130 e. The zero-order valence-corrected chi connectivity index (χ0v) is 10.3. The van der Waals surface area contributed by atoms with Gasteiger partial charge in [0.2, 0.25) is 0 Å². The number of nitrogens with two attached hydrogens (primary N) is 1. The molecule has 0 amide bonds. The zero-order valence-electron chi connectivity index (χ0n) is 8.13. The Hall–Kier alpha value is -0.0900. The predicted molar refractivity (Wildman–Crippen MR) is 65.8 cm³/mol.